The molecular formula is C6H11I2NO2. The van der Waals surface area contributed by atoms with Crippen LogP contribution in [-0.2, 0) is 4.74 Å². The van der Waals surface area contributed by atoms with Crippen LogP contribution in [0.25, 0.3) is 0 Å². The van der Waals surface area contributed by atoms with Crippen molar-refractivity contribution in [2.24, 2.45) is 0 Å². The van der Waals surface area contributed by atoms with E-state index < -0.39 is 0 Å². The predicted molar refractivity (Wildman–Crippen MR) is 61.7 cm³/mol. The normalized spacial score (nSPS) is 12.3. The molecule has 0 rings (SSSR count). The second-order valence-corrected chi connectivity index (χ2v) is 4.50. The first-order valence-corrected chi connectivity index (χ1v) is 6.08. The van der Waals surface area contributed by atoms with Crippen molar-refractivity contribution in [1.82, 2.24) is 5.32 Å². The maximum atomic E-state index is 10.7. The lowest BCUT2D eigenvalue weighted by atomic mass is 10.5. The minimum absolute atomic E-state index is 0.320. The van der Waals surface area contributed by atoms with Crippen LogP contribution in [0.15, 0.2) is 0 Å². The summed E-state index contributed by atoms with van der Waals surface area (Å²) in [6.07, 6.45) is -0.320. The van der Waals surface area contributed by atoms with Gasteiger partial charge in [0.1, 0.15) is 0 Å². The van der Waals surface area contributed by atoms with Crippen molar-refractivity contribution >= 4 is 51.3 Å². The molecule has 66 valence electrons. The van der Waals surface area contributed by atoms with E-state index in [1.165, 1.54) is 0 Å². The summed E-state index contributed by atoms with van der Waals surface area (Å²) in [6.45, 7) is 2.91. The van der Waals surface area contributed by atoms with Crippen molar-refractivity contribution < 1.29 is 9.53 Å². The van der Waals surface area contributed by atoms with Crippen molar-refractivity contribution in [2.45, 2.75) is 10.8 Å². The van der Waals surface area contributed by atoms with Crippen molar-refractivity contribution in [3.8, 4) is 0 Å². The van der Waals surface area contributed by atoms with Crippen molar-refractivity contribution in [3.63, 3.8) is 0 Å². The molecule has 1 amide bonds. The van der Waals surface area contributed by atoms with Crippen LogP contribution in [0.3, 0.4) is 0 Å². The zero-order valence-corrected chi connectivity index (χ0v) is 10.6. The van der Waals surface area contributed by atoms with Gasteiger partial charge in [-0.15, -0.1) is 0 Å². The molecule has 0 aliphatic carbocycles. The van der Waals surface area contributed by atoms with E-state index in [9.17, 15) is 4.79 Å². The van der Waals surface area contributed by atoms with Gasteiger partial charge < -0.3 is 10.1 Å². The number of alkyl halides is 2. The number of halogens is 2. The molecular weight excluding hydrogens is 372 g/mol. The summed E-state index contributed by atoms with van der Waals surface area (Å²) in [6, 6.07) is 0. The first-order chi connectivity index (χ1) is 5.20. The molecule has 1 N–H and O–H groups in total. The van der Waals surface area contributed by atoms with Crippen molar-refractivity contribution in [3.05, 3.63) is 0 Å². The molecule has 0 bridgehead atoms. The van der Waals surface area contributed by atoms with Gasteiger partial charge in [0.25, 0.3) is 0 Å². The Hall–Kier alpha value is 0.730. The lowest BCUT2D eigenvalue weighted by Gasteiger charge is -2.07. The van der Waals surface area contributed by atoms with Crippen LogP contribution < -0.4 is 5.32 Å². The summed E-state index contributed by atoms with van der Waals surface area (Å²) in [5.74, 6) is 0. The third-order valence-electron chi connectivity index (χ3n) is 0.911. The number of carbonyl (C=O) groups is 1. The molecule has 11 heavy (non-hydrogen) atoms. The number of rotatable bonds is 4. The molecule has 0 spiro atoms. The fraction of sp³-hybridized carbons (Fsp3) is 0.833. The summed E-state index contributed by atoms with van der Waals surface area (Å²) in [5, 5.41) is 2.66. The van der Waals surface area contributed by atoms with Crippen molar-refractivity contribution in [1.29, 1.82) is 0 Å². The molecule has 0 aromatic heterocycles. The fourth-order valence-corrected chi connectivity index (χ4v) is 0.962. The average molecular weight is 383 g/mol. The summed E-state index contributed by atoms with van der Waals surface area (Å²) < 4.78 is 6.20. The minimum Gasteiger partial charge on any atom is -0.450 e. The highest BCUT2D eigenvalue weighted by atomic mass is 127. The highest BCUT2D eigenvalue weighted by molar-refractivity contribution is 14.1. The van der Waals surface area contributed by atoms with Crippen LogP contribution in [0.2, 0.25) is 0 Å². The SMILES string of the molecule is CCOC(=O)NCC(I)CI. The molecule has 0 saturated heterocycles. The molecule has 1 atom stereocenters. The highest BCUT2D eigenvalue weighted by Gasteiger charge is 2.04. The predicted octanol–water partition coefficient (Wildman–Crippen LogP) is 1.97. The second kappa shape index (κ2) is 7.38. The molecule has 0 aromatic rings. The Morgan fingerprint density at radius 1 is 1.73 bits per heavy atom. The van der Waals surface area contributed by atoms with E-state index in [2.05, 4.69) is 55.2 Å². The Labute approximate surface area is 93.9 Å². The van der Waals surface area contributed by atoms with Crippen molar-refractivity contribution in [2.75, 3.05) is 17.6 Å². The third-order valence-corrected chi connectivity index (χ3v) is 4.54. The van der Waals surface area contributed by atoms with Crippen LogP contribution in [0.5, 0.6) is 0 Å². The monoisotopic (exact) mass is 383 g/mol. The Morgan fingerprint density at radius 3 is 2.82 bits per heavy atom. The average Bonchev–Trinajstić information content (AvgIpc) is 2.01. The smallest absolute Gasteiger partial charge is 0.407 e. The van der Waals surface area contributed by atoms with Gasteiger partial charge in [0, 0.05) is 14.9 Å². The molecule has 0 heterocycles. The third kappa shape index (κ3) is 7.10. The number of ether oxygens (including phenoxy) is 1. The van der Waals surface area contributed by atoms with Gasteiger partial charge in [-0.05, 0) is 6.92 Å². The molecule has 0 radical (unpaired) electrons. The lowest BCUT2D eigenvalue weighted by molar-refractivity contribution is 0.152. The number of hydrogen-bond acceptors (Lipinski definition) is 2. The van der Waals surface area contributed by atoms with Gasteiger partial charge in [-0.1, -0.05) is 45.2 Å². The number of nitrogens with one attached hydrogen (secondary N) is 1. The topological polar surface area (TPSA) is 38.3 Å². The van der Waals surface area contributed by atoms with E-state index in [1.54, 1.807) is 6.92 Å². The van der Waals surface area contributed by atoms with Gasteiger partial charge >= 0.3 is 6.09 Å². The van der Waals surface area contributed by atoms with Crippen LogP contribution in [0.4, 0.5) is 4.79 Å². The summed E-state index contributed by atoms with van der Waals surface area (Å²) in [5.41, 5.74) is 0. The van der Waals surface area contributed by atoms with Crippen LogP contribution in [-0.4, -0.2) is 27.6 Å². The van der Waals surface area contributed by atoms with Gasteiger partial charge in [0.2, 0.25) is 0 Å². The Bertz CT molecular complexity index is 121. The fourth-order valence-electron chi connectivity index (χ4n) is 0.431. The van der Waals surface area contributed by atoms with E-state index in [4.69, 9.17) is 0 Å². The van der Waals surface area contributed by atoms with Crippen LogP contribution in [0.1, 0.15) is 6.92 Å². The van der Waals surface area contributed by atoms with E-state index in [-0.39, 0.29) is 6.09 Å². The second-order valence-electron chi connectivity index (χ2n) is 1.85. The van der Waals surface area contributed by atoms with Gasteiger partial charge in [0.15, 0.2) is 0 Å². The van der Waals surface area contributed by atoms with E-state index in [0.29, 0.717) is 17.1 Å². The zero-order chi connectivity index (χ0) is 8.69. The van der Waals surface area contributed by atoms with Crippen LogP contribution >= 0.6 is 45.2 Å². The zero-order valence-electron chi connectivity index (χ0n) is 6.27. The largest absolute Gasteiger partial charge is 0.450 e. The number of hydrogen-bond donors (Lipinski definition) is 1. The van der Waals surface area contributed by atoms with Gasteiger partial charge in [0.05, 0.1) is 6.61 Å². The van der Waals surface area contributed by atoms with Gasteiger partial charge in [-0.2, -0.15) is 0 Å². The number of amides is 1. The minimum atomic E-state index is -0.320. The van der Waals surface area contributed by atoms with E-state index in [0.717, 1.165) is 4.43 Å². The first kappa shape index (κ1) is 11.7. The highest BCUT2D eigenvalue weighted by Crippen LogP contribution is 2.02. The maximum absolute atomic E-state index is 10.7. The molecule has 0 aromatic carbocycles. The quantitative estimate of drug-likeness (QED) is 0.596. The molecule has 0 aliphatic rings. The molecule has 3 nitrogen and oxygen atoms in total. The Morgan fingerprint density at radius 2 is 2.36 bits per heavy atom. The summed E-state index contributed by atoms with van der Waals surface area (Å²) in [7, 11) is 0. The Kier molecular flexibility index (Phi) is 7.87. The summed E-state index contributed by atoms with van der Waals surface area (Å²) >= 11 is 4.57. The summed E-state index contributed by atoms with van der Waals surface area (Å²) in [4.78, 5) is 10.7. The Balaban J connectivity index is 3.30. The van der Waals surface area contributed by atoms with E-state index >= 15 is 0 Å². The maximum Gasteiger partial charge on any atom is 0.407 e. The number of alkyl carbamates (subject to hydrolysis) is 1. The van der Waals surface area contributed by atoms with Gasteiger partial charge in [-0.3, -0.25) is 0 Å². The standard InChI is InChI=1S/C6H11I2NO2/c1-2-11-6(10)9-4-5(8)3-7/h5H,2-4H2,1H3,(H,9,10). The van der Waals surface area contributed by atoms with E-state index in [1.807, 2.05) is 0 Å². The lowest BCUT2D eigenvalue weighted by Crippen LogP contribution is -2.30. The molecule has 0 fully saturated rings. The first-order valence-electron chi connectivity index (χ1n) is 3.31. The van der Waals surface area contributed by atoms with Gasteiger partial charge in [-0.25, -0.2) is 4.79 Å². The molecule has 0 aliphatic heterocycles. The number of carbonyl (C=O) groups excluding carboxylic acids is 1. The molecule has 1 unspecified atom stereocenters. The molecule has 0 saturated carbocycles. The van der Waals surface area contributed by atoms with Crippen LogP contribution in [0, 0.1) is 0 Å². The molecule has 5 heteroatoms.